The van der Waals surface area contributed by atoms with Crippen molar-refractivity contribution in [1.82, 2.24) is 14.8 Å². The summed E-state index contributed by atoms with van der Waals surface area (Å²) < 4.78 is 79.3. The van der Waals surface area contributed by atoms with Crippen molar-refractivity contribution in [3.05, 3.63) is 116 Å². The van der Waals surface area contributed by atoms with E-state index in [1.807, 2.05) is 13.0 Å². The molecule has 1 amide bonds. The topological polar surface area (TPSA) is 101 Å². The quantitative estimate of drug-likeness (QED) is 0.215. The first-order chi connectivity index (χ1) is 23.6. The highest BCUT2D eigenvalue weighted by Gasteiger charge is 2.37. The van der Waals surface area contributed by atoms with Gasteiger partial charge in [0.15, 0.2) is 0 Å². The number of aliphatic carboxylic acids is 1. The van der Waals surface area contributed by atoms with E-state index in [9.17, 15) is 37.1 Å². The number of pyridine rings is 1. The summed E-state index contributed by atoms with van der Waals surface area (Å²) in [6.07, 6.45) is -5.94. The standard InChI is InChI=1S/C37H34F5N3O5/c1-19-7-8-25-13-26(19)35(45-16-22(9-10-44-17-24(38)18-44)28(14-31(45)46)37(40,41)42)36(49)43-29(15-32(47)48)27-12-23(11-21(3)34(27)39)33-20(2)5-4-6-30(33)50-25/h4-8,11-14,16,24,29,35H,9-10,15,17-18H2,1-3H3,(H,43,49)(H,47,48). The number of alkyl halides is 4. The van der Waals surface area contributed by atoms with E-state index in [2.05, 4.69) is 5.32 Å². The molecule has 2 atom stereocenters. The third kappa shape index (κ3) is 6.87. The first kappa shape index (κ1) is 34.8. The van der Waals surface area contributed by atoms with Gasteiger partial charge in [0.2, 0.25) is 5.91 Å². The number of carboxylic acids is 1. The summed E-state index contributed by atoms with van der Waals surface area (Å²) in [4.78, 5) is 41.8. The van der Waals surface area contributed by atoms with Crippen LogP contribution in [-0.4, -0.2) is 52.3 Å². The molecule has 262 valence electrons. The van der Waals surface area contributed by atoms with Crippen molar-refractivity contribution in [2.75, 3.05) is 19.6 Å². The average Bonchev–Trinajstić information content (AvgIpc) is 3.02. The van der Waals surface area contributed by atoms with Gasteiger partial charge in [0.05, 0.1) is 18.0 Å². The van der Waals surface area contributed by atoms with Crippen molar-refractivity contribution in [3.63, 3.8) is 0 Å². The zero-order valence-corrected chi connectivity index (χ0v) is 27.4. The second-order valence-corrected chi connectivity index (χ2v) is 12.9. The first-order valence-corrected chi connectivity index (χ1v) is 16.0. The Hall–Kier alpha value is -5.04. The Morgan fingerprint density at radius 1 is 0.980 bits per heavy atom. The van der Waals surface area contributed by atoms with Crippen LogP contribution in [-0.2, 0) is 22.2 Å². The van der Waals surface area contributed by atoms with E-state index in [4.69, 9.17) is 4.74 Å². The molecule has 3 aromatic carbocycles. The molecule has 8 nitrogen and oxygen atoms in total. The lowest BCUT2D eigenvalue weighted by atomic mass is 9.92. The third-order valence-corrected chi connectivity index (χ3v) is 9.25. The highest BCUT2D eigenvalue weighted by molar-refractivity contribution is 5.86. The van der Waals surface area contributed by atoms with Gasteiger partial charge < -0.3 is 15.2 Å². The Morgan fingerprint density at radius 2 is 1.72 bits per heavy atom. The van der Waals surface area contributed by atoms with Gasteiger partial charge in [-0.15, -0.1) is 0 Å². The van der Waals surface area contributed by atoms with Gasteiger partial charge in [-0.25, -0.2) is 8.78 Å². The second kappa shape index (κ2) is 13.3. The van der Waals surface area contributed by atoms with Gasteiger partial charge in [-0.2, -0.15) is 13.2 Å². The second-order valence-electron chi connectivity index (χ2n) is 12.9. The Labute approximate surface area is 284 Å². The Morgan fingerprint density at radius 3 is 2.40 bits per heavy atom. The number of carbonyl (C=O) groups excluding carboxylic acids is 1. The number of hydrogen-bond donors (Lipinski definition) is 2. The molecule has 4 bridgehead atoms. The monoisotopic (exact) mass is 695 g/mol. The zero-order chi connectivity index (χ0) is 36.1. The molecule has 50 heavy (non-hydrogen) atoms. The average molecular weight is 696 g/mol. The summed E-state index contributed by atoms with van der Waals surface area (Å²) in [5.41, 5.74) is -0.0625. The lowest BCUT2D eigenvalue weighted by molar-refractivity contribution is -0.139. The first-order valence-electron chi connectivity index (χ1n) is 16.0. The fraction of sp³-hybridized carbons (Fsp3) is 0.324. The van der Waals surface area contributed by atoms with Crippen LogP contribution in [0.1, 0.15) is 57.4 Å². The van der Waals surface area contributed by atoms with Gasteiger partial charge in [-0.05, 0) is 90.9 Å². The van der Waals surface area contributed by atoms with Crippen LogP contribution in [0.2, 0.25) is 0 Å². The molecule has 2 unspecified atom stereocenters. The maximum Gasteiger partial charge on any atom is 0.416 e. The highest BCUT2D eigenvalue weighted by Crippen LogP contribution is 2.41. The van der Waals surface area contributed by atoms with E-state index in [0.29, 0.717) is 28.5 Å². The number of benzene rings is 3. The summed E-state index contributed by atoms with van der Waals surface area (Å²) in [5.74, 6) is -2.45. The molecule has 1 saturated heterocycles. The SMILES string of the molecule is Cc1ccc2cc1C(n1cc(CCN3CC(F)C3)c(C(F)(F)F)cc1=O)C(=O)NC(CC(=O)O)c1cc(cc(C)c1F)-c1c(C)cccc1O2. The van der Waals surface area contributed by atoms with Crippen molar-refractivity contribution in [1.29, 1.82) is 0 Å². The maximum atomic E-state index is 15.9. The predicted octanol–water partition coefficient (Wildman–Crippen LogP) is 6.82. The summed E-state index contributed by atoms with van der Waals surface area (Å²) in [5, 5.41) is 12.5. The van der Waals surface area contributed by atoms with E-state index in [1.54, 1.807) is 42.2 Å². The number of carboxylic acid groups (broad SMARTS) is 1. The molecule has 2 aliphatic heterocycles. The molecule has 1 fully saturated rings. The Bertz CT molecular complexity index is 2050. The number of fused-ring (bicyclic) bond motifs is 6. The number of ether oxygens (including phenoxy) is 1. The van der Waals surface area contributed by atoms with E-state index in [-0.39, 0.29) is 54.1 Å². The van der Waals surface area contributed by atoms with E-state index in [1.165, 1.54) is 19.1 Å². The van der Waals surface area contributed by atoms with Crippen molar-refractivity contribution in [3.8, 4) is 22.6 Å². The predicted molar refractivity (Wildman–Crippen MR) is 175 cm³/mol. The molecule has 1 aromatic heterocycles. The van der Waals surface area contributed by atoms with Gasteiger partial charge in [0, 0.05) is 43.0 Å². The maximum absolute atomic E-state index is 15.9. The summed E-state index contributed by atoms with van der Waals surface area (Å²) in [6.45, 7) is 5.20. The van der Waals surface area contributed by atoms with Gasteiger partial charge in [-0.3, -0.25) is 23.9 Å². The van der Waals surface area contributed by atoms with Crippen molar-refractivity contribution >= 4 is 11.9 Å². The van der Waals surface area contributed by atoms with E-state index in [0.717, 1.165) is 16.3 Å². The van der Waals surface area contributed by atoms with E-state index < -0.39 is 59.7 Å². The van der Waals surface area contributed by atoms with Gasteiger partial charge in [-0.1, -0.05) is 18.2 Å². The number of carbonyl (C=O) groups is 2. The molecule has 0 aliphatic carbocycles. The lowest BCUT2D eigenvalue weighted by Gasteiger charge is -2.34. The van der Waals surface area contributed by atoms with Crippen LogP contribution in [0.3, 0.4) is 0 Å². The van der Waals surface area contributed by atoms with Crippen LogP contribution in [0.15, 0.2) is 65.6 Å². The molecular weight excluding hydrogens is 661 g/mol. The Balaban J connectivity index is 1.58. The minimum absolute atomic E-state index is 0.0723. The van der Waals surface area contributed by atoms with Crippen LogP contribution in [0.5, 0.6) is 11.5 Å². The molecule has 2 N–H and O–H groups in total. The number of likely N-dealkylation sites (tertiary alicyclic amines) is 1. The molecule has 3 heterocycles. The van der Waals surface area contributed by atoms with Crippen LogP contribution in [0, 0.1) is 26.6 Å². The van der Waals surface area contributed by atoms with Gasteiger partial charge in [0.25, 0.3) is 5.56 Å². The fourth-order valence-corrected chi connectivity index (χ4v) is 6.70. The normalized spacial score (nSPS) is 18.1. The van der Waals surface area contributed by atoms with Crippen LogP contribution in [0.4, 0.5) is 22.0 Å². The van der Waals surface area contributed by atoms with Crippen molar-refractivity contribution in [2.45, 2.75) is 58.0 Å². The van der Waals surface area contributed by atoms with Crippen molar-refractivity contribution < 1.29 is 41.4 Å². The molecule has 0 radical (unpaired) electrons. The number of halogens is 5. The number of hydrogen-bond acceptors (Lipinski definition) is 5. The Kier molecular flexibility index (Phi) is 9.29. The summed E-state index contributed by atoms with van der Waals surface area (Å²) >= 11 is 0. The van der Waals surface area contributed by atoms with Crippen molar-refractivity contribution in [2.24, 2.45) is 0 Å². The molecule has 4 aromatic rings. The largest absolute Gasteiger partial charge is 0.481 e. The molecular formula is C37H34F5N3O5. The molecule has 0 spiro atoms. The number of nitrogens with zero attached hydrogens (tertiary/aromatic N) is 2. The zero-order valence-electron chi connectivity index (χ0n) is 27.4. The fourth-order valence-electron chi connectivity index (χ4n) is 6.70. The summed E-state index contributed by atoms with van der Waals surface area (Å²) in [7, 11) is 0. The molecule has 6 rings (SSSR count). The van der Waals surface area contributed by atoms with Crippen LogP contribution in [0.25, 0.3) is 11.1 Å². The number of rotatable bonds is 6. The third-order valence-electron chi connectivity index (χ3n) is 9.25. The molecule has 2 aliphatic rings. The van der Waals surface area contributed by atoms with Gasteiger partial charge in [0.1, 0.15) is 29.5 Å². The van der Waals surface area contributed by atoms with Crippen LogP contribution < -0.4 is 15.6 Å². The lowest BCUT2D eigenvalue weighted by Crippen LogP contribution is -2.49. The van der Waals surface area contributed by atoms with Crippen LogP contribution >= 0.6 is 0 Å². The minimum atomic E-state index is -4.90. The highest BCUT2D eigenvalue weighted by atomic mass is 19.4. The van der Waals surface area contributed by atoms with E-state index >= 15 is 4.39 Å². The number of nitrogens with one attached hydrogen (secondary N) is 1. The number of amides is 1. The summed E-state index contributed by atoms with van der Waals surface area (Å²) in [6, 6.07) is 10.5. The number of aryl methyl sites for hydroxylation is 3. The molecule has 0 saturated carbocycles. The smallest absolute Gasteiger partial charge is 0.416 e. The van der Waals surface area contributed by atoms with Gasteiger partial charge >= 0.3 is 12.1 Å². The number of aromatic nitrogens is 1. The minimum Gasteiger partial charge on any atom is -0.481 e. The molecule has 13 heteroatoms.